The highest BCUT2D eigenvalue weighted by molar-refractivity contribution is 5.46. The van der Waals surface area contributed by atoms with Crippen molar-refractivity contribution < 1.29 is 4.74 Å². The number of rotatable bonds is 4. The van der Waals surface area contributed by atoms with E-state index in [-0.39, 0.29) is 0 Å². The molecule has 1 aromatic heterocycles. The highest BCUT2D eigenvalue weighted by Crippen LogP contribution is 2.15. The fourth-order valence-electron chi connectivity index (χ4n) is 1.33. The number of ether oxygens (including phenoxy) is 1. The molecule has 0 unspecified atom stereocenters. The molecule has 4 nitrogen and oxygen atoms in total. The summed E-state index contributed by atoms with van der Waals surface area (Å²) in [5, 5.41) is 3.28. The third kappa shape index (κ3) is 2.70. The smallest absolute Gasteiger partial charge is 0.119 e. The number of hydrogen-bond donors (Lipinski definition) is 1. The lowest BCUT2D eigenvalue weighted by molar-refractivity contribution is 0.415. The molecule has 4 heteroatoms. The minimum atomic E-state index is 0.715. The van der Waals surface area contributed by atoms with E-state index in [2.05, 4.69) is 15.3 Å². The molecule has 0 fully saturated rings. The first-order chi connectivity index (χ1) is 7.88. The molecular weight excluding hydrogens is 202 g/mol. The molecule has 0 bridgehead atoms. The number of benzene rings is 1. The highest BCUT2D eigenvalue weighted by Gasteiger charge is 1.95. The maximum absolute atomic E-state index is 5.08. The zero-order valence-electron chi connectivity index (χ0n) is 9.05. The Hall–Kier alpha value is -2.10. The molecule has 2 aromatic rings. The fraction of sp³-hybridized carbons (Fsp3) is 0.167. The Morgan fingerprint density at radius 1 is 1.12 bits per heavy atom. The van der Waals surface area contributed by atoms with Gasteiger partial charge >= 0.3 is 0 Å². The minimum absolute atomic E-state index is 0.715. The van der Waals surface area contributed by atoms with Crippen LogP contribution in [0.1, 0.15) is 5.56 Å². The third-order valence-electron chi connectivity index (χ3n) is 2.20. The van der Waals surface area contributed by atoms with Crippen LogP contribution in [0.4, 0.5) is 5.69 Å². The van der Waals surface area contributed by atoms with E-state index >= 15 is 0 Å². The molecule has 0 spiro atoms. The van der Waals surface area contributed by atoms with Crippen molar-refractivity contribution in [3.05, 3.63) is 48.5 Å². The molecule has 82 valence electrons. The average molecular weight is 215 g/mol. The standard InChI is InChI=1S/C12H13N3O/c1-16-12-4-2-11(3-5-12)15-8-10-6-13-9-14-7-10/h2-7,9,15H,8H2,1H3. The van der Waals surface area contributed by atoms with E-state index in [1.807, 2.05) is 24.3 Å². The first-order valence-electron chi connectivity index (χ1n) is 5.00. The van der Waals surface area contributed by atoms with Crippen LogP contribution in [0.5, 0.6) is 5.75 Å². The van der Waals surface area contributed by atoms with Crippen LogP contribution in [0.15, 0.2) is 43.0 Å². The Morgan fingerprint density at radius 3 is 2.44 bits per heavy atom. The number of methoxy groups -OCH3 is 1. The molecule has 0 saturated carbocycles. The van der Waals surface area contributed by atoms with Crippen molar-refractivity contribution in [1.82, 2.24) is 9.97 Å². The van der Waals surface area contributed by atoms with Crippen LogP contribution in [0.2, 0.25) is 0 Å². The molecule has 0 atom stereocenters. The van der Waals surface area contributed by atoms with Crippen LogP contribution < -0.4 is 10.1 Å². The van der Waals surface area contributed by atoms with E-state index in [1.165, 1.54) is 6.33 Å². The largest absolute Gasteiger partial charge is 0.497 e. The molecule has 0 aliphatic carbocycles. The predicted octanol–water partition coefficient (Wildman–Crippen LogP) is 2.10. The number of nitrogens with zero attached hydrogens (tertiary/aromatic N) is 2. The molecule has 0 aliphatic rings. The van der Waals surface area contributed by atoms with Crippen LogP contribution in [0, 0.1) is 0 Å². The molecule has 0 aliphatic heterocycles. The van der Waals surface area contributed by atoms with Gasteiger partial charge in [-0.3, -0.25) is 0 Å². The zero-order chi connectivity index (χ0) is 11.2. The Labute approximate surface area is 94.3 Å². The second-order valence-electron chi connectivity index (χ2n) is 3.33. The van der Waals surface area contributed by atoms with E-state index in [4.69, 9.17) is 4.74 Å². The second kappa shape index (κ2) is 5.11. The third-order valence-corrected chi connectivity index (χ3v) is 2.20. The second-order valence-corrected chi connectivity index (χ2v) is 3.33. The van der Waals surface area contributed by atoms with Crippen LogP contribution >= 0.6 is 0 Å². The molecule has 1 heterocycles. The molecule has 16 heavy (non-hydrogen) atoms. The van der Waals surface area contributed by atoms with Gasteiger partial charge in [0.1, 0.15) is 12.1 Å². The van der Waals surface area contributed by atoms with Gasteiger partial charge in [-0.25, -0.2) is 9.97 Å². The summed E-state index contributed by atoms with van der Waals surface area (Å²) in [6, 6.07) is 7.79. The monoisotopic (exact) mass is 215 g/mol. The normalized spacial score (nSPS) is 9.81. The number of hydrogen-bond acceptors (Lipinski definition) is 4. The van der Waals surface area contributed by atoms with E-state index in [0.717, 1.165) is 17.0 Å². The Morgan fingerprint density at radius 2 is 1.81 bits per heavy atom. The molecule has 1 aromatic carbocycles. The maximum atomic E-state index is 5.08. The van der Waals surface area contributed by atoms with Gasteiger partial charge in [0.15, 0.2) is 0 Å². The lowest BCUT2D eigenvalue weighted by atomic mass is 10.3. The van der Waals surface area contributed by atoms with Crippen LogP contribution in [0.25, 0.3) is 0 Å². The molecule has 0 radical (unpaired) electrons. The zero-order valence-corrected chi connectivity index (χ0v) is 9.05. The van der Waals surface area contributed by atoms with Crippen molar-refractivity contribution in [3.63, 3.8) is 0 Å². The van der Waals surface area contributed by atoms with Gasteiger partial charge in [0.25, 0.3) is 0 Å². The Kier molecular flexibility index (Phi) is 3.33. The summed E-state index contributed by atoms with van der Waals surface area (Å²) < 4.78 is 5.08. The molecule has 0 saturated heterocycles. The Balaban J connectivity index is 1.94. The fourth-order valence-corrected chi connectivity index (χ4v) is 1.33. The van der Waals surface area contributed by atoms with Crippen molar-refractivity contribution in [3.8, 4) is 5.75 Å². The Bertz CT molecular complexity index is 428. The topological polar surface area (TPSA) is 47.0 Å². The first kappa shape index (κ1) is 10.4. The SMILES string of the molecule is COc1ccc(NCc2cncnc2)cc1. The van der Waals surface area contributed by atoms with E-state index in [1.54, 1.807) is 19.5 Å². The van der Waals surface area contributed by atoms with Gasteiger partial charge in [-0.15, -0.1) is 0 Å². The average Bonchev–Trinajstić information content (AvgIpc) is 2.38. The van der Waals surface area contributed by atoms with Gasteiger partial charge in [0, 0.05) is 30.2 Å². The van der Waals surface area contributed by atoms with E-state index < -0.39 is 0 Å². The van der Waals surface area contributed by atoms with Crippen molar-refractivity contribution >= 4 is 5.69 Å². The van der Waals surface area contributed by atoms with E-state index in [0.29, 0.717) is 6.54 Å². The van der Waals surface area contributed by atoms with Crippen molar-refractivity contribution in [2.75, 3.05) is 12.4 Å². The van der Waals surface area contributed by atoms with Crippen LogP contribution in [-0.4, -0.2) is 17.1 Å². The molecular formula is C12H13N3O. The van der Waals surface area contributed by atoms with E-state index in [9.17, 15) is 0 Å². The van der Waals surface area contributed by atoms with Crippen molar-refractivity contribution in [2.45, 2.75) is 6.54 Å². The van der Waals surface area contributed by atoms with Gasteiger partial charge in [0.2, 0.25) is 0 Å². The molecule has 1 N–H and O–H groups in total. The van der Waals surface area contributed by atoms with Crippen LogP contribution in [-0.2, 0) is 6.54 Å². The number of anilines is 1. The molecule has 0 amide bonds. The minimum Gasteiger partial charge on any atom is -0.497 e. The van der Waals surface area contributed by atoms with Gasteiger partial charge in [0.05, 0.1) is 7.11 Å². The predicted molar refractivity (Wildman–Crippen MR) is 62.4 cm³/mol. The van der Waals surface area contributed by atoms with Gasteiger partial charge in [-0.1, -0.05) is 0 Å². The summed E-state index contributed by atoms with van der Waals surface area (Å²) in [5.41, 5.74) is 2.10. The number of aromatic nitrogens is 2. The van der Waals surface area contributed by atoms with Gasteiger partial charge < -0.3 is 10.1 Å². The summed E-state index contributed by atoms with van der Waals surface area (Å²) in [6.07, 6.45) is 5.12. The lowest BCUT2D eigenvalue weighted by Crippen LogP contribution is -2.00. The first-order valence-corrected chi connectivity index (χ1v) is 5.00. The van der Waals surface area contributed by atoms with Gasteiger partial charge in [-0.2, -0.15) is 0 Å². The quantitative estimate of drug-likeness (QED) is 0.848. The van der Waals surface area contributed by atoms with Crippen LogP contribution in [0.3, 0.4) is 0 Å². The summed E-state index contributed by atoms with van der Waals surface area (Å²) in [7, 11) is 1.66. The summed E-state index contributed by atoms with van der Waals surface area (Å²) in [4.78, 5) is 7.91. The summed E-state index contributed by atoms with van der Waals surface area (Å²) >= 11 is 0. The maximum Gasteiger partial charge on any atom is 0.119 e. The molecule has 2 rings (SSSR count). The van der Waals surface area contributed by atoms with Gasteiger partial charge in [-0.05, 0) is 24.3 Å². The number of nitrogens with one attached hydrogen (secondary N) is 1. The highest BCUT2D eigenvalue weighted by atomic mass is 16.5. The summed E-state index contributed by atoms with van der Waals surface area (Å²) in [6.45, 7) is 0.715. The van der Waals surface area contributed by atoms with Crippen molar-refractivity contribution in [1.29, 1.82) is 0 Å². The van der Waals surface area contributed by atoms with Crippen molar-refractivity contribution in [2.24, 2.45) is 0 Å². The summed E-state index contributed by atoms with van der Waals surface area (Å²) in [5.74, 6) is 0.855. The lowest BCUT2D eigenvalue weighted by Gasteiger charge is -2.06.